The van der Waals surface area contributed by atoms with Gasteiger partial charge in [-0.15, -0.1) is 0 Å². The van der Waals surface area contributed by atoms with E-state index in [2.05, 4.69) is 25.6 Å². The lowest BCUT2D eigenvalue weighted by molar-refractivity contribution is 1.39. The van der Waals surface area contributed by atoms with Gasteiger partial charge in [-0.2, -0.15) is 0 Å². The van der Waals surface area contributed by atoms with Crippen LogP contribution >= 0.6 is 0 Å². The number of aryl methyl sites for hydroxylation is 1. The van der Waals surface area contributed by atoms with E-state index in [1.54, 1.807) is 6.08 Å². The van der Waals surface area contributed by atoms with E-state index in [0.29, 0.717) is 0 Å². The Balaban J connectivity index is 3.24. The smallest absolute Gasteiger partial charge is 0.0390 e. The second-order valence-electron chi connectivity index (χ2n) is 3.44. The van der Waals surface area contributed by atoms with Gasteiger partial charge in [0.2, 0.25) is 0 Å². The number of nitrogens with two attached hydrogens (primary N) is 1. The SMILES string of the molecule is C=C/C(=C(N)\C=C/C)c1cccc(C)c1. The minimum Gasteiger partial charge on any atom is -0.398 e. The summed E-state index contributed by atoms with van der Waals surface area (Å²) in [6.45, 7) is 7.81. The molecule has 1 aromatic rings. The van der Waals surface area contributed by atoms with E-state index in [-0.39, 0.29) is 0 Å². The highest BCUT2D eigenvalue weighted by molar-refractivity contribution is 5.77. The fourth-order valence-electron chi connectivity index (χ4n) is 1.48. The summed E-state index contributed by atoms with van der Waals surface area (Å²) in [5.41, 5.74) is 10.0. The Morgan fingerprint density at radius 3 is 2.67 bits per heavy atom. The van der Waals surface area contributed by atoms with Crippen LogP contribution in [0.25, 0.3) is 5.57 Å². The molecule has 0 atom stereocenters. The van der Waals surface area contributed by atoms with Gasteiger partial charge in [0.1, 0.15) is 0 Å². The second kappa shape index (κ2) is 5.20. The normalized spacial score (nSPS) is 12.7. The Morgan fingerprint density at radius 1 is 1.40 bits per heavy atom. The Morgan fingerprint density at radius 2 is 2.13 bits per heavy atom. The number of allylic oxidation sites excluding steroid dienone is 4. The predicted molar refractivity (Wildman–Crippen MR) is 67.3 cm³/mol. The third-order valence-corrected chi connectivity index (χ3v) is 2.19. The highest BCUT2D eigenvalue weighted by atomic mass is 14.6. The van der Waals surface area contributed by atoms with Crippen LogP contribution in [-0.4, -0.2) is 0 Å². The Labute approximate surface area is 91.6 Å². The summed E-state index contributed by atoms with van der Waals surface area (Å²) >= 11 is 0. The molecular formula is C14H17N. The molecular weight excluding hydrogens is 182 g/mol. The molecule has 0 aliphatic rings. The van der Waals surface area contributed by atoms with Crippen molar-refractivity contribution in [3.05, 3.63) is 65.9 Å². The van der Waals surface area contributed by atoms with E-state index >= 15 is 0 Å². The first-order chi connectivity index (χ1) is 7.19. The highest BCUT2D eigenvalue weighted by Gasteiger charge is 2.00. The summed E-state index contributed by atoms with van der Waals surface area (Å²) in [6, 6.07) is 8.24. The van der Waals surface area contributed by atoms with Crippen LogP contribution in [0.3, 0.4) is 0 Å². The molecule has 2 N–H and O–H groups in total. The van der Waals surface area contributed by atoms with Crippen LogP contribution in [0, 0.1) is 6.92 Å². The average molecular weight is 199 g/mol. The average Bonchev–Trinajstić information content (AvgIpc) is 2.19. The summed E-state index contributed by atoms with van der Waals surface area (Å²) in [5, 5.41) is 0. The molecule has 0 radical (unpaired) electrons. The van der Waals surface area contributed by atoms with Crippen molar-refractivity contribution >= 4 is 5.57 Å². The quantitative estimate of drug-likeness (QED) is 0.741. The molecule has 1 rings (SSSR count). The third-order valence-electron chi connectivity index (χ3n) is 2.19. The van der Waals surface area contributed by atoms with Crippen molar-refractivity contribution in [1.82, 2.24) is 0 Å². The zero-order chi connectivity index (χ0) is 11.3. The molecule has 0 spiro atoms. The van der Waals surface area contributed by atoms with Crippen LogP contribution in [0.2, 0.25) is 0 Å². The van der Waals surface area contributed by atoms with E-state index in [1.807, 2.05) is 31.2 Å². The zero-order valence-electron chi connectivity index (χ0n) is 9.33. The summed E-state index contributed by atoms with van der Waals surface area (Å²) in [4.78, 5) is 0. The molecule has 1 heteroatoms. The van der Waals surface area contributed by atoms with Gasteiger partial charge in [-0.25, -0.2) is 0 Å². The lowest BCUT2D eigenvalue weighted by atomic mass is 10.0. The molecule has 0 aromatic heterocycles. The minimum absolute atomic E-state index is 0.748. The summed E-state index contributed by atoms with van der Waals surface area (Å²) in [6.07, 6.45) is 5.61. The van der Waals surface area contributed by atoms with Gasteiger partial charge >= 0.3 is 0 Å². The fraction of sp³-hybridized carbons (Fsp3) is 0.143. The number of hydrogen-bond donors (Lipinski definition) is 1. The van der Waals surface area contributed by atoms with Gasteiger partial charge in [0.15, 0.2) is 0 Å². The van der Waals surface area contributed by atoms with E-state index < -0.39 is 0 Å². The molecule has 0 unspecified atom stereocenters. The predicted octanol–water partition coefficient (Wildman–Crippen LogP) is 3.43. The van der Waals surface area contributed by atoms with Crippen molar-refractivity contribution in [1.29, 1.82) is 0 Å². The summed E-state index contributed by atoms with van der Waals surface area (Å²) < 4.78 is 0. The Hall–Kier alpha value is -1.76. The van der Waals surface area contributed by atoms with Gasteiger partial charge in [0.25, 0.3) is 0 Å². The summed E-state index contributed by atoms with van der Waals surface area (Å²) in [7, 11) is 0. The molecule has 15 heavy (non-hydrogen) atoms. The molecule has 0 bridgehead atoms. The maximum absolute atomic E-state index is 5.94. The van der Waals surface area contributed by atoms with Gasteiger partial charge in [0, 0.05) is 11.3 Å². The van der Waals surface area contributed by atoms with E-state index in [4.69, 9.17) is 5.73 Å². The highest BCUT2D eigenvalue weighted by Crippen LogP contribution is 2.19. The molecule has 1 aromatic carbocycles. The molecule has 0 aliphatic heterocycles. The molecule has 0 saturated carbocycles. The number of hydrogen-bond acceptors (Lipinski definition) is 1. The van der Waals surface area contributed by atoms with E-state index in [0.717, 1.165) is 16.8 Å². The Bertz CT molecular complexity index is 411. The first kappa shape index (κ1) is 11.3. The zero-order valence-corrected chi connectivity index (χ0v) is 9.33. The lowest BCUT2D eigenvalue weighted by Gasteiger charge is -2.06. The number of rotatable bonds is 3. The van der Waals surface area contributed by atoms with Gasteiger partial charge in [-0.05, 0) is 25.5 Å². The van der Waals surface area contributed by atoms with Gasteiger partial charge < -0.3 is 5.73 Å². The molecule has 78 valence electrons. The maximum Gasteiger partial charge on any atom is 0.0390 e. The van der Waals surface area contributed by atoms with Crippen LogP contribution < -0.4 is 5.73 Å². The van der Waals surface area contributed by atoms with E-state index in [9.17, 15) is 0 Å². The largest absolute Gasteiger partial charge is 0.398 e. The molecule has 0 heterocycles. The lowest BCUT2D eigenvalue weighted by Crippen LogP contribution is -1.97. The van der Waals surface area contributed by atoms with Crippen molar-refractivity contribution in [2.24, 2.45) is 5.73 Å². The Kier molecular flexibility index (Phi) is 3.92. The monoisotopic (exact) mass is 199 g/mol. The van der Waals surface area contributed by atoms with Crippen molar-refractivity contribution < 1.29 is 0 Å². The fourth-order valence-corrected chi connectivity index (χ4v) is 1.48. The van der Waals surface area contributed by atoms with Crippen molar-refractivity contribution in [3.63, 3.8) is 0 Å². The van der Waals surface area contributed by atoms with Crippen LogP contribution in [-0.2, 0) is 0 Å². The molecule has 0 aliphatic carbocycles. The number of benzene rings is 1. The molecule has 0 fully saturated rings. The molecule has 0 amide bonds. The van der Waals surface area contributed by atoms with Crippen LogP contribution in [0.4, 0.5) is 0 Å². The third kappa shape index (κ3) is 2.84. The first-order valence-corrected chi connectivity index (χ1v) is 5.01. The van der Waals surface area contributed by atoms with Crippen LogP contribution in [0.15, 0.2) is 54.8 Å². The van der Waals surface area contributed by atoms with Crippen LogP contribution in [0.1, 0.15) is 18.1 Å². The topological polar surface area (TPSA) is 26.0 Å². The van der Waals surface area contributed by atoms with E-state index in [1.165, 1.54) is 5.56 Å². The molecule has 1 nitrogen and oxygen atoms in total. The minimum atomic E-state index is 0.748. The summed E-state index contributed by atoms with van der Waals surface area (Å²) in [5.74, 6) is 0. The van der Waals surface area contributed by atoms with Gasteiger partial charge in [-0.3, -0.25) is 0 Å². The van der Waals surface area contributed by atoms with Gasteiger partial charge in [0.05, 0.1) is 0 Å². The standard InChI is InChI=1S/C14H17N/c1-4-7-14(15)13(5-2)12-9-6-8-11(3)10-12/h4-10H,2,15H2,1,3H3/b7-4-,14-13-. The first-order valence-electron chi connectivity index (χ1n) is 5.01. The second-order valence-corrected chi connectivity index (χ2v) is 3.44. The maximum atomic E-state index is 5.94. The van der Waals surface area contributed by atoms with Crippen LogP contribution in [0.5, 0.6) is 0 Å². The molecule has 0 saturated heterocycles. The van der Waals surface area contributed by atoms with Gasteiger partial charge in [-0.1, -0.05) is 48.6 Å². The van der Waals surface area contributed by atoms with Crippen molar-refractivity contribution in [3.8, 4) is 0 Å². The van der Waals surface area contributed by atoms with Crippen molar-refractivity contribution in [2.75, 3.05) is 0 Å². The van der Waals surface area contributed by atoms with Crippen molar-refractivity contribution in [2.45, 2.75) is 13.8 Å².